The third kappa shape index (κ3) is 2.12. The van der Waals surface area contributed by atoms with Crippen LogP contribution in [0.3, 0.4) is 0 Å². The normalized spacial score (nSPS) is 10.6. The number of anilines is 1. The molecule has 2 heterocycles. The maximum atomic E-state index is 5.40. The molecule has 0 spiro atoms. The molecule has 0 bridgehead atoms. The number of hydrazine groups is 1. The quantitative estimate of drug-likeness (QED) is 0.612. The van der Waals surface area contributed by atoms with E-state index in [4.69, 9.17) is 5.84 Å². The first-order valence-electron chi connectivity index (χ1n) is 5.51. The van der Waals surface area contributed by atoms with Gasteiger partial charge in [0, 0.05) is 18.2 Å². The van der Waals surface area contributed by atoms with E-state index in [2.05, 4.69) is 20.4 Å². The SMILES string of the molecule is CCc1nc(NN)cc(-n2cnc(C)c2C)n1. The second kappa shape index (κ2) is 4.50. The van der Waals surface area contributed by atoms with Gasteiger partial charge in [0.25, 0.3) is 0 Å². The Morgan fingerprint density at radius 2 is 2.12 bits per heavy atom. The Morgan fingerprint density at radius 3 is 2.65 bits per heavy atom. The number of rotatable bonds is 3. The average Bonchev–Trinajstić information content (AvgIpc) is 2.69. The molecule has 3 N–H and O–H groups in total. The Labute approximate surface area is 99.9 Å². The lowest BCUT2D eigenvalue weighted by Gasteiger charge is -2.08. The number of aromatic nitrogens is 4. The van der Waals surface area contributed by atoms with E-state index in [0.717, 1.165) is 29.5 Å². The van der Waals surface area contributed by atoms with Crippen LogP contribution in [0.25, 0.3) is 5.82 Å². The summed E-state index contributed by atoms with van der Waals surface area (Å²) < 4.78 is 1.93. The maximum Gasteiger partial charge on any atom is 0.145 e. The zero-order valence-electron chi connectivity index (χ0n) is 10.2. The van der Waals surface area contributed by atoms with Crippen molar-refractivity contribution in [3.63, 3.8) is 0 Å². The number of nitrogen functional groups attached to an aromatic ring is 1. The van der Waals surface area contributed by atoms with E-state index < -0.39 is 0 Å². The zero-order chi connectivity index (χ0) is 12.4. The van der Waals surface area contributed by atoms with Crippen molar-refractivity contribution in [2.45, 2.75) is 27.2 Å². The summed E-state index contributed by atoms with van der Waals surface area (Å²) in [7, 11) is 0. The van der Waals surface area contributed by atoms with Gasteiger partial charge in [-0.3, -0.25) is 4.57 Å². The van der Waals surface area contributed by atoms with Crippen molar-refractivity contribution >= 4 is 5.82 Å². The molecule has 17 heavy (non-hydrogen) atoms. The molecule has 0 unspecified atom stereocenters. The molecule has 0 fully saturated rings. The molecule has 0 aliphatic heterocycles. The third-order valence-electron chi connectivity index (χ3n) is 2.72. The predicted octanol–water partition coefficient (Wildman–Crippen LogP) is 1.13. The Morgan fingerprint density at radius 1 is 1.35 bits per heavy atom. The summed E-state index contributed by atoms with van der Waals surface area (Å²) in [6.07, 6.45) is 2.52. The fourth-order valence-corrected chi connectivity index (χ4v) is 1.57. The fraction of sp³-hybridized carbons (Fsp3) is 0.364. The number of nitrogens with one attached hydrogen (secondary N) is 1. The van der Waals surface area contributed by atoms with Crippen LogP contribution in [0.4, 0.5) is 5.82 Å². The van der Waals surface area contributed by atoms with Gasteiger partial charge in [0.2, 0.25) is 0 Å². The van der Waals surface area contributed by atoms with Crippen LogP contribution in [-0.4, -0.2) is 19.5 Å². The molecule has 0 radical (unpaired) electrons. The lowest BCUT2D eigenvalue weighted by molar-refractivity contribution is 0.872. The van der Waals surface area contributed by atoms with E-state index in [9.17, 15) is 0 Å². The van der Waals surface area contributed by atoms with Crippen LogP contribution >= 0.6 is 0 Å². The maximum absolute atomic E-state index is 5.40. The van der Waals surface area contributed by atoms with E-state index in [-0.39, 0.29) is 0 Å². The zero-order valence-corrected chi connectivity index (χ0v) is 10.2. The van der Waals surface area contributed by atoms with Gasteiger partial charge in [-0.2, -0.15) is 0 Å². The van der Waals surface area contributed by atoms with Gasteiger partial charge in [-0.25, -0.2) is 20.8 Å². The lowest BCUT2D eigenvalue weighted by atomic mass is 10.3. The third-order valence-corrected chi connectivity index (χ3v) is 2.72. The summed E-state index contributed by atoms with van der Waals surface area (Å²) in [6, 6.07) is 1.80. The molecule has 0 atom stereocenters. The molecule has 2 aromatic rings. The summed E-state index contributed by atoms with van der Waals surface area (Å²) in [5, 5.41) is 0. The molecule has 2 rings (SSSR count). The summed E-state index contributed by atoms with van der Waals surface area (Å²) in [4.78, 5) is 13.0. The standard InChI is InChI=1S/C11H16N6/c1-4-9-14-10(16-12)5-11(15-9)17-6-13-7(2)8(17)3/h5-6H,4,12H2,1-3H3,(H,14,15,16). The molecule has 0 aliphatic carbocycles. The minimum atomic E-state index is 0.609. The van der Waals surface area contributed by atoms with Gasteiger partial charge < -0.3 is 5.43 Å². The van der Waals surface area contributed by atoms with E-state index in [1.165, 1.54) is 0 Å². The summed E-state index contributed by atoms with van der Waals surface area (Å²) in [6.45, 7) is 5.98. The molecule has 0 amide bonds. The smallest absolute Gasteiger partial charge is 0.145 e. The average molecular weight is 232 g/mol. The highest BCUT2D eigenvalue weighted by molar-refractivity contribution is 5.41. The highest BCUT2D eigenvalue weighted by Crippen LogP contribution is 2.14. The van der Waals surface area contributed by atoms with Crippen molar-refractivity contribution in [2.75, 3.05) is 5.43 Å². The van der Waals surface area contributed by atoms with E-state index in [1.54, 1.807) is 12.4 Å². The van der Waals surface area contributed by atoms with Crippen molar-refractivity contribution in [1.82, 2.24) is 19.5 Å². The molecular weight excluding hydrogens is 216 g/mol. The van der Waals surface area contributed by atoms with Crippen molar-refractivity contribution in [2.24, 2.45) is 5.84 Å². The van der Waals surface area contributed by atoms with Gasteiger partial charge in [-0.15, -0.1) is 0 Å². The van der Waals surface area contributed by atoms with Crippen LogP contribution < -0.4 is 11.3 Å². The second-order valence-corrected chi connectivity index (χ2v) is 3.81. The first kappa shape index (κ1) is 11.5. The number of hydrogen-bond donors (Lipinski definition) is 2. The van der Waals surface area contributed by atoms with Crippen molar-refractivity contribution in [3.05, 3.63) is 29.6 Å². The Bertz CT molecular complexity index is 509. The first-order chi connectivity index (χ1) is 8.15. The van der Waals surface area contributed by atoms with Gasteiger partial charge in [0.1, 0.15) is 23.8 Å². The summed E-state index contributed by atoms with van der Waals surface area (Å²) >= 11 is 0. The lowest BCUT2D eigenvalue weighted by Crippen LogP contribution is -2.12. The summed E-state index contributed by atoms with van der Waals surface area (Å²) in [5.74, 6) is 7.54. The van der Waals surface area contributed by atoms with E-state index >= 15 is 0 Å². The van der Waals surface area contributed by atoms with Crippen LogP contribution in [-0.2, 0) is 6.42 Å². The van der Waals surface area contributed by atoms with Crippen molar-refractivity contribution in [3.8, 4) is 5.82 Å². The van der Waals surface area contributed by atoms with Crippen LogP contribution in [0, 0.1) is 13.8 Å². The number of hydrogen-bond acceptors (Lipinski definition) is 5. The van der Waals surface area contributed by atoms with Crippen molar-refractivity contribution < 1.29 is 0 Å². The van der Waals surface area contributed by atoms with Gasteiger partial charge >= 0.3 is 0 Å². The van der Waals surface area contributed by atoms with Gasteiger partial charge in [0.05, 0.1) is 5.69 Å². The van der Waals surface area contributed by atoms with Gasteiger partial charge in [0.15, 0.2) is 0 Å². The van der Waals surface area contributed by atoms with Crippen LogP contribution in [0.15, 0.2) is 12.4 Å². The van der Waals surface area contributed by atoms with E-state index in [1.807, 2.05) is 25.3 Å². The monoisotopic (exact) mass is 232 g/mol. The van der Waals surface area contributed by atoms with Crippen LogP contribution in [0.2, 0.25) is 0 Å². The number of nitrogens with two attached hydrogens (primary N) is 1. The second-order valence-electron chi connectivity index (χ2n) is 3.81. The molecule has 6 heteroatoms. The number of nitrogens with zero attached hydrogens (tertiary/aromatic N) is 4. The number of imidazole rings is 1. The molecule has 90 valence electrons. The molecule has 0 saturated heterocycles. The fourth-order valence-electron chi connectivity index (χ4n) is 1.57. The Balaban J connectivity index is 2.54. The minimum absolute atomic E-state index is 0.609. The largest absolute Gasteiger partial charge is 0.308 e. The molecule has 0 saturated carbocycles. The van der Waals surface area contributed by atoms with Crippen LogP contribution in [0.5, 0.6) is 0 Å². The number of aryl methyl sites for hydroxylation is 2. The topological polar surface area (TPSA) is 81.6 Å². The highest BCUT2D eigenvalue weighted by Gasteiger charge is 2.08. The van der Waals surface area contributed by atoms with E-state index in [0.29, 0.717) is 5.82 Å². The van der Waals surface area contributed by atoms with Gasteiger partial charge in [-0.05, 0) is 13.8 Å². The minimum Gasteiger partial charge on any atom is -0.308 e. The molecular formula is C11H16N6. The Hall–Kier alpha value is -1.95. The predicted molar refractivity (Wildman–Crippen MR) is 65.8 cm³/mol. The summed E-state index contributed by atoms with van der Waals surface area (Å²) in [5.41, 5.74) is 4.61. The van der Waals surface area contributed by atoms with Gasteiger partial charge in [-0.1, -0.05) is 6.92 Å². The van der Waals surface area contributed by atoms with Crippen LogP contribution in [0.1, 0.15) is 24.1 Å². The molecule has 6 nitrogen and oxygen atoms in total. The van der Waals surface area contributed by atoms with Crippen molar-refractivity contribution in [1.29, 1.82) is 0 Å². The first-order valence-corrected chi connectivity index (χ1v) is 5.51. The Kier molecular flexibility index (Phi) is 3.06. The molecule has 0 aliphatic rings. The molecule has 2 aromatic heterocycles. The molecule has 0 aromatic carbocycles. The highest BCUT2D eigenvalue weighted by atomic mass is 15.3.